The third kappa shape index (κ3) is 2.28. The monoisotopic (exact) mass is 278 g/mol. The molecule has 3 fully saturated rings. The first-order valence-electron chi connectivity index (χ1n) is 8.73. The van der Waals surface area contributed by atoms with Crippen LogP contribution in [0.5, 0.6) is 0 Å². The van der Waals surface area contributed by atoms with Crippen LogP contribution in [0, 0.1) is 17.8 Å². The predicted octanol–water partition coefficient (Wildman–Crippen LogP) is 3.15. The average molecular weight is 278 g/mol. The summed E-state index contributed by atoms with van der Waals surface area (Å²) < 4.78 is 0. The molecule has 0 aromatic heterocycles. The Hall–Kier alpha value is -0.570. The fourth-order valence-electron chi connectivity index (χ4n) is 5.08. The van der Waals surface area contributed by atoms with Crippen molar-refractivity contribution < 1.29 is 4.79 Å². The second-order valence-electron chi connectivity index (χ2n) is 7.26. The minimum Gasteiger partial charge on any atom is -0.323 e. The molecule has 3 rings (SSSR count). The molecule has 1 aliphatic heterocycles. The number of carbonyl (C=O) groups excluding carboxylic acids is 1. The topological polar surface area (TPSA) is 32.3 Å². The molecular weight excluding hydrogens is 248 g/mol. The van der Waals surface area contributed by atoms with E-state index in [-0.39, 0.29) is 12.2 Å². The molecule has 114 valence electrons. The van der Waals surface area contributed by atoms with Crippen molar-refractivity contribution in [2.45, 2.75) is 84.0 Å². The number of carbonyl (C=O) groups is 1. The molecule has 0 aromatic rings. The highest BCUT2D eigenvalue weighted by molar-refractivity contribution is 5.84. The summed E-state index contributed by atoms with van der Waals surface area (Å²) in [6.07, 6.45) is 9.08. The lowest BCUT2D eigenvalue weighted by atomic mass is 9.83. The van der Waals surface area contributed by atoms with E-state index >= 15 is 0 Å². The van der Waals surface area contributed by atoms with Gasteiger partial charge in [-0.15, -0.1) is 0 Å². The molecule has 3 nitrogen and oxygen atoms in total. The van der Waals surface area contributed by atoms with Crippen molar-refractivity contribution in [2.24, 2.45) is 17.8 Å². The van der Waals surface area contributed by atoms with Gasteiger partial charge in [0.2, 0.25) is 5.91 Å². The van der Waals surface area contributed by atoms with Crippen LogP contribution in [-0.2, 0) is 4.79 Å². The summed E-state index contributed by atoms with van der Waals surface area (Å²) in [5.74, 6) is 2.98. The summed E-state index contributed by atoms with van der Waals surface area (Å²) in [4.78, 5) is 14.9. The van der Waals surface area contributed by atoms with Gasteiger partial charge in [0.15, 0.2) is 0 Å². The Morgan fingerprint density at radius 3 is 2.65 bits per heavy atom. The summed E-state index contributed by atoms with van der Waals surface area (Å²) in [5.41, 5.74) is 0. The maximum absolute atomic E-state index is 12.7. The number of fused-ring (bicyclic) bond motifs is 2. The van der Waals surface area contributed by atoms with Crippen molar-refractivity contribution >= 4 is 5.91 Å². The molecule has 3 heteroatoms. The predicted molar refractivity (Wildman–Crippen MR) is 81.2 cm³/mol. The summed E-state index contributed by atoms with van der Waals surface area (Å²) in [6, 6.07) is 0.492. The Morgan fingerprint density at radius 1 is 1.30 bits per heavy atom. The van der Waals surface area contributed by atoms with E-state index < -0.39 is 0 Å². The number of hydrogen-bond donors (Lipinski definition) is 1. The van der Waals surface area contributed by atoms with Crippen LogP contribution in [0.3, 0.4) is 0 Å². The van der Waals surface area contributed by atoms with Crippen LogP contribution in [0.15, 0.2) is 0 Å². The van der Waals surface area contributed by atoms with Gasteiger partial charge in [0.1, 0.15) is 0 Å². The maximum atomic E-state index is 12.7. The number of nitrogens with zero attached hydrogens (tertiary/aromatic N) is 1. The normalized spacial score (nSPS) is 41.6. The quantitative estimate of drug-likeness (QED) is 0.838. The molecule has 1 amide bonds. The highest BCUT2D eigenvalue weighted by Crippen LogP contribution is 2.50. The van der Waals surface area contributed by atoms with Gasteiger partial charge in [0.05, 0.1) is 12.2 Å². The molecule has 1 heterocycles. The Balaban J connectivity index is 1.74. The van der Waals surface area contributed by atoms with Gasteiger partial charge in [-0.1, -0.05) is 26.7 Å². The van der Waals surface area contributed by atoms with Gasteiger partial charge in [-0.3, -0.25) is 10.1 Å². The van der Waals surface area contributed by atoms with E-state index in [0.717, 1.165) is 37.0 Å². The van der Waals surface area contributed by atoms with Crippen LogP contribution in [0.25, 0.3) is 0 Å². The SMILES string of the molecule is CCCC1NC(CC)C(=O)N1C(C)C1CC2CCC1C2. The van der Waals surface area contributed by atoms with Crippen LogP contribution in [0.2, 0.25) is 0 Å². The second kappa shape index (κ2) is 5.67. The van der Waals surface area contributed by atoms with E-state index in [0.29, 0.717) is 11.9 Å². The maximum Gasteiger partial charge on any atom is 0.241 e. The fraction of sp³-hybridized carbons (Fsp3) is 0.941. The smallest absolute Gasteiger partial charge is 0.241 e. The Labute approximate surface area is 123 Å². The van der Waals surface area contributed by atoms with Crippen LogP contribution in [0.4, 0.5) is 0 Å². The zero-order valence-electron chi connectivity index (χ0n) is 13.3. The summed E-state index contributed by atoms with van der Waals surface area (Å²) in [6.45, 7) is 6.64. The molecular formula is C17H30N2O. The van der Waals surface area contributed by atoms with Crippen molar-refractivity contribution in [1.29, 1.82) is 0 Å². The van der Waals surface area contributed by atoms with Gasteiger partial charge in [0.25, 0.3) is 0 Å². The molecule has 0 spiro atoms. The van der Waals surface area contributed by atoms with Crippen LogP contribution in [-0.4, -0.2) is 29.1 Å². The lowest BCUT2D eigenvalue weighted by Gasteiger charge is -2.37. The molecule has 0 radical (unpaired) electrons. The first-order chi connectivity index (χ1) is 9.65. The van der Waals surface area contributed by atoms with Crippen molar-refractivity contribution in [1.82, 2.24) is 10.2 Å². The first-order valence-corrected chi connectivity index (χ1v) is 8.73. The van der Waals surface area contributed by atoms with E-state index in [1.165, 1.54) is 25.7 Å². The molecule has 1 N–H and O–H groups in total. The van der Waals surface area contributed by atoms with Crippen LogP contribution in [0.1, 0.15) is 65.7 Å². The minimum absolute atomic E-state index is 0.0626. The summed E-state index contributed by atoms with van der Waals surface area (Å²) >= 11 is 0. The molecule has 2 bridgehead atoms. The first kappa shape index (κ1) is 14.4. The molecule has 6 unspecified atom stereocenters. The number of nitrogens with one attached hydrogen (secondary N) is 1. The Kier molecular flexibility index (Phi) is 4.07. The molecule has 2 aliphatic carbocycles. The highest BCUT2D eigenvalue weighted by atomic mass is 16.2. The second-order valence-corrected chi connectivity index (χ2v) is 7.26. The minimum atomic E-state index is 0.0626. The zero-order valence-corrected chi connectivity index (χ0v) is 13.3. The molecule has 2 saturated carbocycles. The van der Waals surface area contributed by atoms with Crippen LogP contribution >= 0.6 is 0 Å². The molecule has 0 aromatic carbocycles. The third-order valence-electron chi connectivity index (χ3n) is 6.10. The van der Waals surface area contributed by atoms with E-state index in [4.69, 9.17) is 0 Å². The average Bonchev–Trinajstić information content (AvgIpc) is 3.13. The Bertz CT molecular complexity index is 370. The number of rotatable bonds is 5. The molecule has 20 heavy (non-hydrogen) atoms. The molecule has 6 atom stereocenters. The van der Waals surface area contributed by atoms with Gasteiger partial charge < -0.3 is 4.90 Å². The van der Waals surface area contributed by atoms with Gasteiger partial charge in [-0.25, -0.2) is 0 Å². The van der Waals surface area contributed by atoms with E-state index in [2.05, 4.69) is 31.0 Å². The van der Waals surface area contributed by atoms with E-state index in [9.17, 15) is 4.79 Å². The summed E-state index contributed by atoms with van der Waals surface area (Å²) in [7, 11) is 0. The lowest BCUT2D eigenvalue weighted by Crippen LogP contribution is -2.47. The van der Waals surface area contributed by atoms with Crippen molar-refractivity contribution in [3.63, 3.8) is 0 Å². The summed E-state index contributed by atoms with van der Waals surface area (Å²) in [5, 5.41) is 3.57. The zero-order chi connectivity index (χ0) is 14.3. The molecule has 3 aliphatic rings. The van der Waals surface area contributed by atoms with Crippen LogP contribution < -0.4 is 5.32 Å². The van der Waals surface area contributed by atoms with Gasteiger partial charge >= 0.3 is 0 Å². The third-order valence-corrected chi connectivity index (χ3v) is 6.10. The Morgan fingerprint density at radius 2 is 2.10 bits per heavy atom. The van der Waals surface area contributed by atoms with Crippen molar-refractivity contribution in [3.8, 4) is 0 Å². The number of hydrogen-bond acceptors (Lipinski definition) is 2. The van der Waals surface area contributed by atoms with Crippen molar-refractivity contribution in [2.75, 3.05) is 0 Å². The lowest BCUT2D eigenvalue weighted by molar-refractivity contribution is -0.133. The van der Waals surface area contributed by atoms with E-state index in [1.807, 2.05) is 0 Å². The van der Waals surface area contributed by atoms with Gasteiger partial charge in [-0.2, -0.15) is 0 Å². The number of amides is 1. The standard InChI is InChI=1S/C17H30N2O/c1-4-6-16-18-15(5-2)17(20)19(16)11(3)14-10-12-7-8-13(14)9-12/h11-16,18H,4-10H2,1-3H3. The fourth-order valence-corrected chi connectivity index (χ4v) is 5.08. The van der Waals surface area contributed by atoms with Crippen molar-refractivity contribution in [3.05, 3.63) is 0 Å². The van der Waals surface area contributed by atoms with Gasteiger partial charge in [0, 0.05) is 6.04 Å². The molecule has 1 saturated heterocycles. The largest absolute Gasteiger partial charge is 0.323 e. The van der Waals surface area contributed by atoms with Gasteiger partial charge in [-0.05, 0) is 56.8 Å². The van der Waals surface area contributed by atoms with E-state index in [1.54, 1.807) is 0 Å². The highest BCUT2D eigenvalue weighted by Gasteiger charge is 2.48.